The highest BCUT2D eigenvalue weighted by atomic mass is 19.3. The molecule has 0 bridgehead atoms. The molecule has 4 heteroatoms. The molecule has 1 aromatic rings. The van der Waals surface area contributed by atoms with Gasteiger partial charge in [-0.05, 0) is 6.07 Å². The molecule has 1 rings (SSSR count). The highest BCUT2D eigenvalue weighted by Crippen LogP contribution is 2.26. The Morgan fingerprint density at radius 3 is 2.14 bits per heavy atom. The molecule has 0 aromatic carbocycles. The molecule has 1 heterocycles. The molecule has 78 valence electrons. The second kappa shape index (κ2) is 3.26. The van der Waals surface area contributed by atoms with Crippen LogP contribution in [0, 0.1) is 0 Å². The quantitative estimate of drug-likeness (QED) is 0.696. The van der Waals surface area contributed by atoms with E-state index >= 15 is 0 Å². The lowest BCUT2D eigenvalue weighted by Gasteiger charge is -2.18. The van der Waals surface area contributed by atoms with Crippen molar-refractivity contribution in [2.45, 2.75) is 39.0 Å². The van der Waals surface area contributed by atoms with E-state index < -0.39 is 5.92 Å². The summed E-state index contributed by atoms with van der Waals surface area (Å²) in [4.78, 5) is 7.83. The molecule has 0 spiro atoms. The highest BCUT2D eigenvalue weighted by Gasteiger charge is 2.28. The van der Waals surface area contributed by atoms with Gasteiger partial charge in [-0.15, -0.1) is 0 Å². The molecule has 0 aliphatic heterocycles. The summed E-state index contributed by atoms with van der Waals surface area (Å²) in [7, 11) is 0. The monoisotopic (exact) mass is 200 g/mol. The summed E-state index contributed by atoms with van der Waals surface area (Å²) < 4.78 is 25.9. The number of alkyl halides is 2. The van der Waals surface area contributed by atoms with Crippen molar-refractivity contribution < 1.29 is 8.78 Å². The van der Waals surface area contributed by atoms with Crippen molar-refractivity contribution in [3.63, 3.8) is 0 Å². The van der Waals surface area contributed by atoms with Crippen LogP contribution in [-0.4, -0.2) is 9.97 Å². The van der Waals surface area contributed by atoms with Gasteiger partial charge in [0.05, 0.1) is 0 Å². The van der Waals surface area contributed by atoms with Crippen LogP contribution in [0.15, 0.2) is 12.3 Å². The summed E-state index contributed by atoms with van der Waals surface area (Å²) in [5.41, 5.74) is -0.529. The second-order valence-electron chi connectivity index (χ2n) is 4.40. The molecular formula is C10H14F2N2. The SMILES string of the molecule is CC(C)(C)c1nccc(C(C)(F)F)n1. The smallest absolute Gasteiger partial charge is 0.241 e. The largest absolute Gasteiger partial charge is 0.287 e. The van der Waals surface area contributed by atoms with Gasteiger partial charge in [0.1, 0.15) is 11.5 Å². The molecule has 0 N–H and O–H groups in total. The third-order valence-corrected chi connectivity index (χ3v) is 1.78. The number of hydrogen-bond donors (Lipinski definition) is 0. The molecular weight excluding hydrogens is 186 g/mol. The van der Waals surface area contributed by atoms with Gasteiger partial charge in [-0.1, -0.05) is 20.8 Å². The fourth-order valence-electron chi connectivity index (χ4n) is 0.965. The van der Waals surface area contributed by atoms with Crippen molar-refractivity contribution in [1.82, 2.24) is 9.97 Å². The van der Waals surface area contributed by atoms with Crippen LogP contribution >= 0.6 is 0 Å². The summed E-state index contributed by atoms with van der Waals surface area (Å²) in [6.45, 7) is 6.50. The lowest BCUT2D eigenvalue weighted by molar-refractivity contribution is 0.0122. The molecule has 0 radical (unpaired) electrons. The molecule has 0 aliphatic carbocycles. The average Bonchev–Trinajstić information content (AvgIpc) is 2.01. The van der Waals surface area contributed by atoms with Crippen LogP contribution in [0.25, 0.3) is 0 Å². The maximum Gasteiger partial charge on any atom is 0.287 e. The Labute approximate surface area is 82.4 Å². The molecule has 1 aromatic heterocycles. The minimum atomic E-state index is -2.90. The van der Waals surface area contributed by atoms with Crippen LogP contribution in [0.4, 0.5) is 8.78 Å². The summed E-state index contributed by atoms with van der Waals surface area (Å²) in [6.07, 6.45) is 1.38. The minimum absolute atomic E-state index is 0.225. The number of aromatic nitrogens is 2. The Morgan fingerprint density at radius 2 is 1.71 bits per heavy atom. The third-order valence-electron chi connectivity index (χ3n) is 1.78. The summed E-state index contributed by atoms with van der Waals surface area (Å²) in [5, 5.41) is 0. The minimum Gasteiger partial charge on any atom is -0.241 e. The van der Waals surface area contributed by atoms with Crippen LogP contribution in [0.1, 0.15) is 39.2 Å². The van der Waals surface area contributed by atoms with Crippen molar-refractivity contribution in [2.75, 3.05) is 0 Å². The van der Waals surface area contributed by atoms with Gasteiger partial charge < -0.3 is 0 Å². The number of nitrogens with zero attached hydrogens (tertiary/aromatic N) is 2. The molecule has 0 saturated heterocycles. The fourth-order valence-corrected chi connectivity index (χ4v) is 0.965. The van der Waals surface area contributed by atoms with Gasteiger partial charge in [0.2, 0.25) is 0 Å². The molecule has 0 fully saturated rings. The predicted octanol–water partition coefficient (Wildman–Crippen LogP) is 2.89. The summed E-state index contributed by atoms with van der Waals surface area (Å²) >= 11 is 0. The normalized spacial score (nSPS) is 13.0. The first-order valence-electron chi connectivity index (χ1n) is 4.43. The molecule has 0 amide bonds. The van der Waals surface area contributed by atoms with E-state index in [4.69, 9.17) is 0 Å². The van der Waals surface area contributed by atoms with Crippen molar-refractivity contribution in [2.24, 2.45) is 0 Å². The lowest BCUT2D eigenvalue weighted by atomic mass is 9.95. The number of rotatable bonds is 1. The van der Waals surface area contributed by atoms with Gasteiger partial charge in [-0.2, -0.15) is 8.78 Å². The first-order valence-corrected chi connectivity index (χ1v) is 4.43. The summed E-state index contributed by atoms with van der Waals surface area (Å²) in [6, 6.07) is 1.25. The first kappa shape index (κ1) is 11.0. The van der Waals surface area contributed by atoms with Crippen molar-refractivity contribution in [3.05, 3.63) is 23.8 Å². The van der Waals surface area contributed by atoms with Gasteiger partial charge >= 0.3 is 0 Å². The number of hydrogen-bond acceptors (Lipinski definition) is 2. The van der Waals surface area contributed by atoms with Crippen molar-refractivity contribution >= 4 is 0 Å². The lowest BCUT2D eigenvalue weighted by Crippen LogP contribution is -2.19. The topological polar surface area (TPSA) is 25.8 Å². The Kier molecular flexibility index (Phi) is 2.56. The van der Waals surface area contributed by atoms with Gasteiger partial charge in [-0.3, -0.25) is 0 Å². The zero-order chi connectivity index (χ0) is 11.0. The van der Waals surface area contributed by atoms with E-state index in [0.29, 0.717) is 5.82 Å². The second-order valence-corrected chi connectivity index (χ2v) is 4.40. The van der Waals surface area contributed by atoms with Crippen LogP contribution in [0.2, 0.25) is 0 Å². The van der Waals surface area contributed by atoms with Gasteiger partial charge in [0, 0.05) is 18.5 Å². The molecule has 0 unspecified atom stereocenters. The van der Waals surface area contributed by atoms with E-state index in [1.807, 2.05) is 20.8 Å². The Hall–Kier alpha value is -1.06. The van der Waals surface area contributed by atoms with E-state index in [1.54, 1.807) is 0 Å². The average molecular weight is 200 g/mol. The van der Waals surface area contributed by atoms with Crippen LogP contribution in [-0.2, 0) is 11.3 Å². The molecule has 0 aliphatic rings. The molecule has 14 heavy (non-hydrogen) atoms. The van der Waals surface area contributed by atoms with Crippen LogP contribution < -0.4 is 0 Å². The maximum atomic E-state index is 12.9. The highest BCUT2D eigenvalue weighted by molar-refractivity contribution is 5.11. The van der Waals surface area contributed by atoms with Gasteiger partial charge in [-0.25, -0.2) is 9.97 Å². The Bertz CT molecular complexity index is 294. The standard InChI is InChI=1S/C10H14F2N2/c1-9(2,3)8-13-6-5-7(14-8)10(4,11)12/h5-6H,1-4H3. The molecule has 0 atom stereocenters. The maximum absolute atomic E-state index is 12.9. The third kappa shape index (κ3) is 2.47. The Morgan fingerprint density at radius 1 is 1.14 bits per heavy atom. The van der Waals surface area contributed by atoms with Crippen molar-refractivity contribution in [1.29, 1.82) is 0 Å². The van der Waals surface area contributed by atoms with E-state index in [1.165, 1.54) is 12.3 Å². The predicted molar refractivity (Wildman–Crippen MR) is 50.3 cm³/mol. The van der Waals surface area contributed by atoms with Crippen LogP contribution in [0.5, 0.6) is 0 Å². The van der Waals surface area contributed by atoms with E-state index in [0.717, 1.165) is 6.92 Å². The number of halogens is 2. The van der Waals surface area contributed by atoms with Gasteiger partial charge in [0.25, 0.3) is 5.92 Å². The molecule has 2 nitrogen and oxygen atoms in total. The first-order chi connectivity index (χ1) is 6.21. The van der Waals surface area contributed by atoms with E-state index in [9.17, 15) is 8.78 Å². The Balaban J connectivity index is 3.15. The van der Waals surface area contributed by atoms with Gasteiger partial charge in [0.15, 0.2) is 0 Å². The fraction of sp³-hybridized carbons (Fsp3) is 0.600. The zero-order valence-electron chi connectivity index (χ0n) is 8.81. The zero-order valence-corrected chi connectivity index (χ0v) is 8.81. The molecule has 0 saturated carbocycles. The van der Waals surface area contributed by atoms with E-state index in [2.05, 4.69) is 9.97 Å². The van der Waals surface area contributed by atoms with Crippen molar-refractivity contribution in [3.8, 4) is 0 Å². The van der Waals surface area contributed by atoms with Crippen LogP contribution in [0.3, 0.4) is 0 Å². The van der Waals surface area contributed by atoms with E-state index in [-0.39, 0.29) is 11.1 Å². The summed E-state index contributed by atoms with van der Waals surface area (Å²) in [5.74, 6) is -2.46.